The molecular weight excluding hydrogens is 373 g/mol. The SMILES string of the molecule is O=C(Nc1cccc(Br)c1)c1ccc(Nc2ccc(F)cc2)cn1. The van der Waals surface area contributed by atoms with Crippen LogP contribution in [0, 0.1) is 5.82 Å². The first-order valence-electron chi connectivity index (χ1n) is 7.16. The van der Waals surface area contributed by atoms with Crippen molar-refractivity contribution in [2.75, 3.05) is 10.6 Å². The Morgan fingerprint density at radius 3 is 2.38 bits per heavy atom. The lowest BCUT2D eigenvalue weighted by Gasteiger charge is -2.08. The molecule has 24 heavy (non-hydrogen) atoms. The molecule has 1 amide bonds. The van der Waals surface area contributed by atoms with Crippen molar-refractivity contribution < 1.29 is 9.18 Å². The molecule has 1 aromatic heterocycles. The Kier molecular flexibility index (Phi) is 4.86. The number of halogens is 2. The summed E-state index contributed by atoms with van der Waals surface area (Å²) in [5.74, 6) is -0.584. The Hall–Kier alpha value is -2.73. The van der Waals surface area contributed by atoms with E-state index in [1.54, 1.807) is 36.5 Å². The zero-order chi connectivity index (χ0) is 16.9. The maximum atomic E-state index is 12.9. The first kappa shape index (κ1) is 16.1. The van der Waals surface area contributed by atoms with Crippen molar-refractivity contribution in [3.05, 3.63) is 82.8 Å². The number of benzene rings is 2. The molecule has 0 bridgehead atoms. The highest BCUT2D eigenvalue weighted by molar-refractivity contribution is 9.10. The van der Waals surface area contributed by atoms with Gasteiger partial charge in [0, 0.05) is 15.8 Å². The van der Waals surface area contributed by atoms with Crippen molar-refractivity contribution in [1.29, 1.82) is 0 Å². The normalized spacial score (nSPS) is 10.2. The van der Waals surface area contributed by atoms with Gasteiger partial charge in [0.25, 0.3) is 5.91 Å². The third-order valence-corrected chi connectivity index (χ3v) is 3.70. The largest absolute Gasteiger partial charge is 0.354 e. The Morgan fingerprint density at radius 2 is 1.71 bits per heavy atom. The molecule has 0 aliphatic rings. The van der Waals surface area contributed by atoms with Gasteiger partial charge in [0.1, 0.15) is 11.5 Å². The lowest BCUT2D eigenvalue weighted by molar-refractivity contribution is 0.102. The number of rotatable bonds is 4. The summed E-state index contributed by atoms with van der Waals surface area (Å²) in [6, 6.07) is 16.7. The van der Waals surface area contributed by atoms with Gasteiger partial charge in [-0.25, -0.2) is 9.37 Å². The van der Waals surface area contributed by atoms with Crippen LogP contribution in [0.4, 0.5) is 21.5 Å². The smallest absolute Gasteiger partial charge is 0.274 e. The van der Waals surface area contributed by atoms with E-state index in [0.717, 1.165) is 10.2 Å². The minimum atomic E-state index is -0.293. The summed E-state index contributed by atoms with van der Waals surface area (Å²) < 4.78 is 13.8. The number of nitrogens with one attached hydrogen (secondary N) is 2. The Morgan fingerprint density at radius 1 is 0.958 bits per heavy atom. The standard InChI is InChI=1S/C18H13BrFN3O/c19-12-2-1-3-15(10-12)23-18(24)17-9-8-16(11-21-17)22-14-6-4-13(20)5-7-14/h1-11,22H,(H,23,24). The average molecular weight is 386 g/mol. The van der Waals surface area contributed by atoms with E-state index in [2.05, 4.69) is 31.5 Å². The third-order valence-electron chi connectivity index (χ3n) is 3.21. The number of hydrogen-bond acceptors (Lipinski definition) is 3. The minimum absolute atomic E-state index is 0.290. The lowest BCUT2D eigenvalue weighted by atomic mass is 10.2. The molecular formula is C18H13BrFN3O. The molecule has 120 valence electrons. The molecule has 2 aromatic carbocycles. The fraction of sp³-hybridized carbons (Fsp3) is 0. The van der Waals surface area contributed by atoms with Gasteiger partial charge in [-0.15, -0.1) is 0 Å². The quantitative estimate of drug-likeness (QED) is 0.665. The van der Waals surface area contributed by atoms with E-state index in [0.29, 0.717) is 17.1 Å². The molecule has 0 unspecified atom stereocenters. The van der Waals surface area contributed by atoms with Crippen LogP contribution in [-0.2, 0) is 0 Å². The third kappa shape index (κ3) is 4.17. The highest BCUT2D eigenvalue weighted by atomic mass is 79.9. The number of anilines is 3. The summed E-state index contributed by atoms with van der Waals surface area (Å²) >= 11 is 3.36. The number of pyridine rings is 1. The summed E-state index contributed by atoms with van der Waals surface area (Å²) in [6.07, 6.45) is 1.55. The Balaban J connectivity index is 1.67. The molecule has 0 fully saturated rings. The van der Waals surface area contributed by atoms with Gasteiger partial charge in [-0.1, -0.05) is 22.0 Å². The monoisotopic (exact) mass is 385 g/mol. The van der Waals surface area contributed by atoms with E-state index in [1.165, 1.54) is 12.1 Å². The number of amides is 1. The topological polar surface area (TPSA) is 54.0 Å². The fourth-order valence-electron chi connectivity index (χ4n) is 2.06. The van der Waals surface area contributed by atoms with Crippen molar-refractivity contribution in [2.45, 2.75) is 0 Å². The predicted octanol–water partition coefficient (Wildman–Crippen LogP) is 4.98. The van der Waals surface area contributed by atoms with Crippen LogP contribution in [0.5, 0.6) is 0 Å². The number of carbonyl (C=O) groups is 1. The van der Waals surface area contributed by atoms with Crippen LogP contribution in [-0.4, -0.2) is 10.9 Å². The zero-order valence-corrected chi connectivity index (χ0v) is 14.0. The van der Waals surface area contributed by atoms with E-state index in [9.17, 15) is 9.18 Å². The first-order chi connectivity index (χ1) is 11.6. The summed E-state index contributed by atoms with van der Waals surface area (Å²) in [6.45, 7) is 0. The van der Waals surface area contributed by atoms with Crippen molar-refractivity contribution >= 4 is 38.9 Å². The van der Waals surface area contributed by atoms with Crippen LogP contribution in [0.25, 0.3) is 0 Å². The van der Waals surface area contributed by atoms with E-state index >= 15 is 0 Å². The molecule has 0 atom stereocenters. The van der Waals surface area contributed by atoms with Crippen LogP contribution < -0.4 is 10.6 Å². The number of hydrogen-bond donors (Lipinski definition) is 2. The number of aromatic nitrogens is 1. The van der Waals surface area contributed by atoms with Crippen molar-refractivity contribution in [2.24, 2.45) is 0 Å². The van der Waals surface area contributed by atoms with Crippen molar-refractivity contribution in [1.82, 2.24) is 4.98 Å². The second-order valence-electron chi connectivity index (χ2n) is 5.03. The van der Waals surface area contributed by atoms with E-state index in [1.807, 2.05) is 18.2 Å². The average Bonchev–Trinajstić information content (AvgIpc) is 2.57. The minimum Gasteiger partial charge on any atom is -0.354 e. The predicted molar refractivity (Wildman–Crippen MR) is 96.0 cm³/mol. The molecule has 0 saturated carbocycles. The summed E-state index contributed by atoms with van der Waals surface area (Å²) in [4.78, 5) is 16.3. The molecule has 0 radical (unpaired) electrons. The Labute approximate surface area is 146 Å². The molecule has 0 aliphatic carbocycles. The van der Waals surface area contributed by atoms with Gasteiger partial charge in [-0.3, -0.25) is 4.79 Å². The lowest BCUT2D eigenvalue weighted by Crippen LogP contribution is -2.13. The molecule has 0 spiro atoms. The van der Waals surface area contributed by atoms with E-state index < -0.39 is 0 Å². The van der Waals surface area contributed by atoms with Gasteiger partial charge in [0.2, 0.25) is 0 Å². The van der Waals surface area contributed by atoms with Crippen LogP contribution in [0.2, 0.25) is 0 Å². The molecule has 0 saturated heterocycles. The summed E-state index contributed by atoms with van der Waals surface area (Å²) in [7, 11) is 0. The molecule has 3 rings (SSSR count). The van der Waals surface area contributed by atoms with Gasteiger partial charge in [0.05, 0.1) is 11.9 Å². The molecule has 6 heteroatoms. The highest BCUT2D eigenvalue weighted by Crippen LogP contribution is 2.18. The Bertz CT molecular complexity index is 851. The van der Waals surface area contributed by atoms with E-state index in [-0.39, 0.29) is 11.7 Å². The zero-order valence-electron chi connectivity index (χ0n) is 12.5. The number of nitrogens with zero attached hydrogens (tertiary/aromatic N) is 1. The maximum absolute atomic E-state index is 12.9. The van der Waals surface area contributed by atoms with Crippen LogP contribution in [0.1, 0.15) is 10.5 Å². The van der Waals surface area contributed by atoms with Crippen LogP contribution in [0.3, 0.4) is 0 Å². The van der Waals surface area contributed by atoms with Crippen molar-refractivity contribution in [3.8, 4) is 0 Å². The molecule has 1 heterocycles. The van der Waals surface area contributed by atoms with Crippen molar-refractivity contribution in [3.63, 3.8) is 0 Å². The second kappa shape index (κ2) is 7.23. The molecule has 3 aromatic rings. The van der Waals surface area contributed by atoms with Gasteiger partial charge >= 0.3 is 0 Å². The first-order valence-corrected chi connectivity index (χ1v) is 7.95. The highest BCUT2D eigenvalue weighted by Gasteiger charge is 2.08. The number of carbonyl (C=O) groups excluding carboxylic acids is 1. The van der Waals surface area contributed by atoms with Gasteiger partial charge in [0.15, 0.2) is 0 Å². The maximum Gasteiger partial charge on any atom is 0.274 e. The van der Waals surface area contributed by atoms with Gasteiger partial charge < -0.3 is 10.6 Å². The summed E-state index contributed by atoms with van der Waals surface area (Å²) in [5, 5.41) is 5.87. The molecule has 2 N–H and O–H groups in total. The van der Waals surface area contributed by atoms with Gasteiger partial charge in [-0.05, 0) is 54.6 Å². The molecule has 4 nitrogen and oxygen atoms in total. The van der Waals surface area contributed by atoms with E-state index in [4.69, 9.17) is 0 Å². The summed E-state index contributed by atoms with van der Waals surface area (Å²) in [5.41, 5.74) is 2.44. The second-order valence-corrected chi connectivity index (χ2v) is 5.94. The van der Waals surface area contributed by atoms with Gasteiger partial charge in [-0.2, -0.15) is 0 Å². The van der Waals surface area contributed by atoms with Crippen LogP contribution >= 0.6 is 15.9 Å². The fourth-order valence-corrected chi connectivity index (χ4v) is 2.46. The van der Waals surface area contributed by atoms with Crippen LogP contribution in [0.15, 0.2) is 71.3 Å². The molecule has 0 aliphatic heterocycles.